The van der Waals surface area contributed by atoms with E-state index < -0.39 is 0 Å². The van der Waals surface area contributed by atoms with Crippen molar-refractivity contribution < 1.29 is 14.3 Å². The van der Waals surface area contributed by atoms with Gasteiger partial charge in [0.2, 0.25) is 11.8 Å². The average Bonchev–Trinajstić information content (AvgIpc) is 3.05. The first kappa shape index (κ1) is 18.7. The molecule has 1 N–H and O–H groups in total. The summed E-state index contributed by atoms with van der Waals surface area (Å²) in [5.41, 5.74) is 0.789. The lowest BCUT2D eigenvalue weighted by molar-refractivity contribution is -0.127. The van der Waals surface area contributed by atoms with Gasteiger partial charge in [0.05, 0.1) is 13.0 Å². The zero-order valence-corrected chi connectivity index (χ0v) is 15.7. The van der Waals surface area contributed by atoms with Crippen molar-refractivity contribution in [2.75, 3.05) is 38.2 Å². The molecule has 1 unspecified atom stereocenters. The number of piperidine rings is 1. The molecule has 6 heteroatoms. The molecule has 0 spiro atoms. The highest BCUT2D eigenvalue weighted by molar-refractivity contribution is 6.00. The number of likely N-dealkylation sites (tertiary alicyclic amines) is 1. The van der Waals surface area contributed by atoms with Crippen LogP contribution in [0.25, 0.3) is 0 Å². The molecule has 3 rings (SSSR count). The molecule has 2 saturated heterocycles. The number of carbonyl (C=O) groups excluding carboxylic acids is 2. The number of benzene rings is 1. The predicted molar refractivity (Wildman–Crippen MR) is 101 cm³/mol. The van der Waals surface area contributed by atoms with E-state index in [1.807, 2.05) is 24.3 Å². The van der Waals surface area contributed by atoms with Crippen LogP contribution in [0.1, 0.15) is 32.6 Å². The van der Waals surface area contributed by atoms with Crippen molar-refractivity contribution in [3.63, 3.8) is 0 Å². The van der Waals surface area contributed by atoms with Crippen molar-refractivity contribution in [2.24, 2.45) is 5.92 Å². The second kappa shape index (κ2) is 8.54. The van der Waals surface area contributed by atoms with E-state index in [1.165, 1.54) is 6.42 Å². The van der Waals surface area contributed by atoms with Crippen molar-refractivity contribution in [1.29, 1.82) is 0 Å². The fourth-order valence-electron chi connectivity index (χ4n) is 3.85. The summed E-state index contributed by atoms with van der Waals surface area (Å²) in [4.78, 5) is 29.2. The highest BCUT2D eigenvalue weighted by Gasteiger charge is 2.36. The molecule has 2 heterocycles. The van der Waals surface area contributed by atoms with Crippen molar-refractivity contribution in [2.45, 2.75) is 38.6 Å². The monoisotopic (exact) mass is 359 g/mol. The molecule has 6 nitrogen and oxygen atoms in total. The lowest BCUT2D eigenvalue weighted by Gasteiger charge is -2.32. The smallest absolute Gasteiger partial charge is 0.227 e. The molecule has 0 aromatic heterocycles. The molecule has 0 radical (unpaired) electrons. The second-order valence-electron chi connectivity index (χ2n) is 7.23. The maximum Gasteiger partial charge on any atom is 0.227 e. The van der Waals surface area contributed by atoms with Gasteiger partial charge in [-0.15, -0.1) is 0 Å². The molecule has 2 aliphatic rings. The first-order valence-corrected chi connectivity index (χ1v) is 9.58. The summed E-state index contributed by atoms with van der Waals surface area (Å²) in [5, 5.41) is 3.17. The molecule has 2 fully saturated rings. The standard InChI is InChI=1S/C20H29N3O3/c1-3-9-22-10-7-16(8-11-22)21-20(25)15-12-19(24)23(14-15)17-5-4-6-18(13-17)26-2/h4-6,13,15-16H,3,7-12,14H2,1-2H3,(H,21,25). The molecule has 2 aliphatic heterocycles. The van der Waals surface area contributed by atoms with Crippen LogP contribution in [0.2, 0.25) is 0 Å². The van der Waals surface area contributed by atoms with Gasteiger partial charge < -0.3 is 19.9 Å². The number of amides is 2. The normalized spacial score (nSPS) is 21.8. The van der Waals surface area contributed by atoms with E-state index in [1.54, 1.807) is 12.0 Å². The van der Waals surface area contributed by atoms with Crippen molar-refractivity contribution >= 4 is 17.5 Å². The van der Waals surface area contributed by atoms with Crippen LogP contribution < -0.4 is 15.0 Å². The molecular formula is C20H29N3O3. The van der Waals surface area contributed by atoms with E-state index in [-0.39, 0.29) is 30.2 Å². The zero-order valence-electron chi connectivity index (χ0n) is 15.7. The molecule has 2 amide bonds. The van der Waals surface area contributed by atoms with Crippen molar-refractivity contribution in [1.82, 2.24) is 10.2 Å². The Morgan fingerprint density at radius 3 is 2.77 bits per heavy atom. The molecular weight excluding hydrogens is 330 g/mol. The van der Waals surface area contributed by atoms with E-state index in [2.05, 4.69) is 17.1 Å². The van der Waals surface area contributed by atoms with Crippen LogP contribution >= 0.6 is 0 Å². The van der Waals surface area contributed by atoms with Gasteiger partial charge in [-0.05, 0) is 37.9 Å². The lowest BCUT2D eigenvalue weighted by atomic mass is 10.0. The number of nitrogens with zero attached hydrogens (tertiary/aromatic N) is 2. The van der Waals surface area contributed by atoms with Crippen LogP contribution in [0.3, 0.4) is 0 Å². The lowest BCUT2D eigenvalue weighted by Crippen LogP contribution is -2.46. The van der Waals surface area contributed by atoms with Crippen LogP contribution in [0, 0.1) is 5.92 Å². The van der Waals surface area contributed by atoms with Gasteiger partial charge in [-0.3, -0.25) is 9.59 Å². The number of ether oxygens (including phenoxy) is 1. The first-order valence-electron chi connectivity index (χ1n) is 9.58. The Hall–Kier alpha value is -2.08. The Labute approximate surface area is 155 Å². The summed E-state index contributed by atoms with van der Waals surface area (Å²) in [6, 6.07) is 7.65. The van der Waals surface area contributed by atoms with E-state index in [9.17, 15) is 9.59 Å². The van der Waals surface area contributed by atoms with Crippen molar-refractivity contribution in [3.8, 4) is 5.75 Å². The minimum atomic E-state index is -0.276. The van der Waals surface area contributed by atoms with E-state index in [4.69, 9.17) is 4.74 Å². The average molecular weight is 359 g/mol. The van der Waals surface area contributed by atoms with Gasteiger partial charge in [0, 0.05) is 43.9 Å². The summed E-state index contributed by atoms with van der Waals surface area (Å²) in [6.45, 7) is 5.84. The number of nitrogens with one attached hydrogen (secondary N) is 1. The minimum Gasteiger partial charge on any atom is -0.497 e. The molecule has 0 bridgehead atoms. The fraction of sp³-hybridized carbons (Fsp3) is 0.600. The Morgan fingerprint density at radius 1 is 1.31 bits per heavy atom. The van der Waals surface area contributed by atoms with Crippen LogP contribution in [0.15, 0.2) is 24.3 Å². The summed E-state index contributed by atoms with van der Waals surface area (Å²) >= 11 is 0. The van der Waals surface area contributed by atoms with E-state index >= 15 is 0 Å². The number of anilines is 1. The summed E-state index contributed by atoms with van der Waals surface area (Å²) in [6.07, 6.45) is 3.43. The maximum absolute atomic E-state index is 12.6. The third kappa shape index (κ3) is 4.36. The first-order chi connectivity index (χ1) is 12.6. The molecule has 26 heavy (non-hydrogen) atoms. The number of carbonyl (C=O) groups is 2. The molecule has 0 aliphatic carbocycles. The molecule has 142 valence electrons. The summed E-state index contributed by atoms with van der Waals surface area (Å²) in [5.74, 6) is 0.443. The minimum absolute atomic E-state index is 0.00355. The van der Waals surface area contributed by atoms with Crippen LogP contribution in [-0.2, 0) is 9.59 Å². The summed E-state index contributed by atoms with van der Waals surface area (Å²) in [7, 11) is 1.60. The molecule has 1 aromatic rings. The number of rotatable bonds is 6. The van der Waals surface area contributed by atoms with Gasteiger partial charge in [-0.1, -0.05) is 13.0 Å². The Balaban J connectivity index is 1.54. The van der Waals surface area contributed by atoms with E-state index in [0.29, 0.717) is 12.3 Å². The van der Waals surface area contributed by atoms with Gasteiger partial charge in [0.25, 0.3) is 0 Å². The largest absolute Gasteiger partial charge is 0.497 e. The highest BCUT2D eigenvalue weighted by Crippen LogP contribution is 2.28. The number of hydrogen-bond acceptors (Lipinski definition) is 4. The van der Waals surface area contributed by atoms with Crippen LogP contribution in [0.5, 0.6) is 5.75 Å². The SMILES string of the molecule is CCCN1CCC(NC(=O)C2CC(=O)N(c3cccc(OC)c3)C2)CC1. The zero-order chi connectivity index (χ0) is 18.5. The third-order valence-electron chi connectivity index (χ3n) is 5.33. The molecule has 1 aromatic carbocycles. The van der Waals surface area contributed by atoms with E-state index in [0.717, 1.165) is 38.2 Å². The second-order valence-corrected chi connectivity index (χ2v) is 7.23. The van der Waals surface area contributed by atoms with Crippen LogP contribution in [-0.4, -0.2) is 56.0 Å². The van der Waals surface area contributed by atoms with Gasteiger partial charge >= 0.3 is 0 Å². The predicted octanol–water partition coefficient (Wildman–Crippen LogP) is 2.04. The highest BCUT2D eigenvalue weighted by atomic mass is 16.5. The quantitative estimate of drug-likeness (QED) is 0.844. The summed E-state index contributed by atoms with van der Waals surface area (Å²) < 4.78 is 5.23. The molecule has 0 saturated carbocycles. The number of methoxy groups -OCH3 is 1. The Kier molecular flexibility index (Phi) is 6.14. The topological polar surface area (TPSA) is 61.9 Å². The van der Waals surface area contributed by atoms with Crippen LogP contribution in [0.4, 0.5) is 5.69 Å². The van der Waals surface area contributed by atoms with Gasteiger partial charge in [0.15, 0.2) is 0 Å². The third-order valence-corrected chi connectivity index (χ3v) is 5.33. The maximum atomic E-state index is 12.6. The molecule has 1 atom stereocenters. The van der Waals surface area contributed by atoms with Gasteiger partial charge in [-0.25, -0.2) is 0 Å². The Bertz CT molecular complexity index is 641. The fourth-order valence-corrected chi connectivity index (χ4v) is 3.85. The van der Waals surface area contributed by atoms with Gasteiger partial charge in [0.1, 0.15) is 5.75 Å². The Morgan fingerprint density at radius 2 is 2.08 bits per heavy atom. The van der Waals surface area contributed by atoms with Gasteiger partial charge in [-0.2, -0.15) is 0 Å². The van der Waals surface area contributed by atoms with Crippen molar-refractivity contribution in [3.05, 3.63) is 24.3 Å². The number of hydrogen-bond donors (Lipinski definition) is 1.